The monoisotopic (exact) mass is 549 g/mol. The number of ether oxygens (including phenoxy) is 1. The van der Waals surface area contributed by atoms with Gasteiger partial charge in [-0.3, -0.25) is 9.80 Å². The van der Waals surface area contributed by atoms with Crippen LogP contribution in [0.15, 0.2) is 101 Å². The van der Waals surface area contributed by atoms with Crippen LogP contribution in [0.5, 0.6) is 5.75 Å². The van der Waals surface area contributed by atoms with Gasteiger partial charge in [-0.05, 0) is 75.0 Å². The van der Waals surface area contributed by atoms with E-state index in [9.17, 15) is 4.79 Å². The summed E-state index contributed by atoms with van der Waals surface area (Å²) in [7, 11) is 1.68. The molecule has 5 rings (SSSR count). The highest BCUT2D eigenvalue weighted by Gasteiger charge is 2.36. The largest absolute Gasteiger partial charge is 0.495 e. The number of amides is 1. The molecule has 2 aromatic rings. The third-order valence-corrected chi connectivity index (χ3v) is 7.55. The maximum absolute atomic E-state index is 13.4. The minimum Gasteiger partial charge on any atom is -0.495 e. The van der Waals surface area contributed by atoms with Crippen LogP contribution in [0.2, 0.25) is 0 Å². The van der Waals surface area contributed by atoms with Crippen molar-refractivity contribution < 1.29 is 9.53 Å². The smallest absolute Gasteiger partial charge is 0.249 e. The van der Waals surface area contributed by atoms with E-state index in [2.05, 4.69) is 76.6 Å². The SMILES string of the molecule is C/C=C\C=C(/C)CN1C(C2=CCC=CC=C2)CC(=O)N=C2/C(=C/c3ccc(-n4cnc(C)c4)c(OC)c3)CCCN21. The molecular weight excluding hydrogens is 510 g/mol. The van der Waals surface area contributed by atoms with Crippen LogP contribution in [0.4, 0.5) is 0 Å². The van der Waals surface area contributed by atoms with Crippen molar-refractivity contribution >= 4 is 17.8 Å². The Balaban J connectivity index is 1.52. The molecule has 1 atom stereocenters. The number of carbonyl (C=O) groups excluding carboxylic acids is 1. The normalized spacial score (nSPS) is 21.1. The Morgan fingerprint density at radius 3 is 2.90 bits per heavy atom. The van der Waals surface area contributed by atoms with Crippen molar-refractivity contribution in [3.8, 4) is 11.4 Å². The molecule has 1 saturated heterocycles. The summed E-state index contributed by atoms with van der Waals surface area (Å²) in [5.74, 6) is 1.43. The lowest BCUT2D eigenvalue weighted by Gasteiger charge is -2.43. The standard InChI is InChI=1S/C34H39N5O2/c1-5-6-12-25(2)22-39-31(28-13-9-7-8-10-14-28)21-33(40)36-34-29(15-11-18-38(34)39)19-27-16-17-30(32(20-27)41-4)37-23-26(3)35-24-37/h5-9,12-14,16-17,19-20,23-24,31H,10-11,15,18,21-22H2,1-4H3/b6-5-,25-12+,29-19+. The maximum Gasteiger partial charge on any atom is 0.249 e. The van der Waals surface area contributed by atoms with E-state index in [1.807, 2.05) is 42.8 Å². The van der Waals surface area contributed by atoms with Gasteiger partial charge in [0.05, 0.1) is 37.3 Å². The number of methoxy groups -OCH3 is 1. The molecule has 1 aromatic heterocycles. The summed E-state index contributed by atoms with van der Waals surface area (Å²) in [5, 5.41) is 4.61. The number of aromatic nitrogens is 2. The molecule has 2 aliphatic heterocycles. The van der Waals surface area contributed by atoms with E-state index >= 15 is 0 Å². The maximum atomic E-state index is 13.4. The Morgan fingerprint density at radius 1 is 1.24 bits per heavy atom. The van der Waals surface area contributed by atoms with Gasteiger partial charge in [-0.15, -0.1) is 0 Å². The van der Waals surface area contributed by atoms with E-state index in [0.717, 1.165) is 65.5 Å². The van der Waals surface area contributed by atoms with Gasteiger partial charge in [0.15, 0.2) is 0 Å². The number of amidine groups is 1. The molecule has 1 fully saturated rings. The molecule has 1 aliphatic carbocycles. The quantitative estimate of drug-likeness (QED) is 0.367. The van der Waals surface area contributed by atoms with Crippen LogP contribution in [0.3, 0.4) is 0 Å². The molecule has 0 radical (unpaired) electrons. The summed E-state index contributed by atoms with van der Waals surface area (Å²) in [5.41, 5.74) is 6.33. The molecule has 1 aromatic carbocycles. The first-order valence-corrected chi connectivity index (χ1v) is 14.3. The lowest BCUT2D eigenvalue weighted by Crippen LogP contribution is -2.54. The van der Waals surface area contributed by atoms with E-state index in [-0.39, 0.29) is 11.9 Å². The zero-order valence-corrected chi connectivity index (χ0v) is 24.5. The molecule has 0 N–H and O–H groups in total. The molecule has 212 valence electrons. The zero-order chi connectivity index (χ0) is 28.8. The van der Waals surface area contributed by atoms with Gasteiger partial charge in [0.2, 0.25) is 5.91 Å². The number of hydrogen-bond donors (Lipinski definition) is 0. The van der Waals surface area contributed by atoms with E-state index in [1.165, 1.54) is 5.57 Å². The molecule has 3 heterocycles. The van der Waals surface area contributed by atoms with Crippen LogP contribution in [0.1, 0.15) is 50.8 Å². The third kappa shape index (κ3) is 6.57. The summed E-state index contributed by atoms with van der Waals surface area (Å²) in [6.07, 6.45) is 25.9. The zero-order valence-electron chi connectivity index (χ0n) is 24.5. The van der Waals surface area contributed by atoms with E-state index < -0.39 is 0 Å². The fourth-order valence-electron chi connectivity index (χ4n) is 5.57. The van der Waals surface area contributed by atoms with Gasteiger partial charge in [0, 0.05) is 19.3 Å². The first-order chi connectivity index (χ1) is 20.0. The average Bonchev–Trinajstić information content (AvgIpc) is 3.15. The number of benzene rings is 1. The van der Waals surface area contributed by atoms with Gasteiger partial charge in [0.1, 0.15) is 11.6 Å². The van der Waals surface area contributed by atoms with Crippen LogP contribution in [0.25, 0.3) is 11.8 Å². The van der Waals surface area contributed by atoms with Crippen molar-refractivity contribution in [3.05, 3.63) is 107 Å². The third-order valence-electron chi connectivity index (χ3n) is 7.55. The van der Waals surface area contributed by atoms with Crippen molar-refractivity contribution in [2.24, 2.45) is 4.99 Å². The molecule has 0 spiro atoms. The number of rotatable bonds is 7. The predicted molar refractivity (Wildman–Crippen MR) is 166 cm³/mol. The number of hydrazine groups is 1. The number of aryl methyl sites for hydroxylation is 1. The summed E-state index contributed by atoms with van der Waals surface area (Å²) in [6, 6.07) is 6.07. The minimum atomic E-state index is -0.0915. The van der Waals surface area contributed by atoms with Gasteiger partial charge in [-0.25, -0.2) is 9.99 Å². The summed E-state index contributed by atoms with van der Waals surface area (Å²) >= 11 is 0. The van der Waals surface area contributed by atoms with Gasteiger partial charge in [0.25, 0.3) is 0 Å². The van der Waals surface area contributed by atoms with E-state index in [0.29, 0.717) is 13.0 Å². The van der Waals surface area contributed by atoms with E-state index in [1.54, 1.807) is 13.4 Å². The van der Waals surface area contributed by atoms with Crippen molar-refractivity contribution in [1.82, 2.24) is 19.6 Å². The molecule has 41 heavy (non-hydrogen) atoms. The molecule has 0 saturated carbocycles. The summed E-state index contributed by atoms with van der Waals surface area (Å²) in [4.78, 5) is 22.5. The Kier molecular flexibility index (Phi) is 8.95. The predicted octanol–water partition coefficient (Wildman–Crippen LogP) is 6.55. The molecule has 7 heteroatoms. The van der Waals surface area contributed by atoms with Crippen LogP contribution >= 0.6 is 0 Å². The highest BCUT2D eigenvalue weighted by molar-refractivity contribution is 6.08. The van der Waals surface area contributed by atoms with Crippen molar-refractivity contribution in [1.29, 1.82) is 0 Å². The van der Waals surface area contributed by atoms with Crippen LogP contribution in [-0.2, 0) is 4.79 Å². The Labute approximate surface area is 243 Å². The van der Waals surface area contributed by atoms with E-state index in [4.69, 9.17) is 9.73 Å². The Bertz CT molecular complexity index is 1500. The molecular formula is C34H39N5O2. The second-order valence-electron chi connectivity index (χ2n) is 10.7. The second kappa shape index (κ2) is 13.0. The summed E-state index contributed by atoms with van der Waals surface area (Å²) < 4.78 is 7.72. The number of fused-ring (bicyclic) bond motifs is 1. The number of allylic oxidation sites excluding steroid dienone is 7. The van der Waals surface area contributed by atoms with Gasteiger partial charge in [-0.2, -0.15) is 4.99 Å². The molecule has 7 nitrogen and oxygen atoms in total. The van der Waals surface area contributed by atoms with Crippen LogP contribution in [-0.4, -0.2) is 57.6 Å². The Morgan fingerprint density at radius 2 is 2.12 bits per heavy atom. The van der Waals surface area contributed by atoms with Gasteiger partial charge in [-0.1, -0.05) is 60.2 Å². The fraction of sp³-hybridized carbons (Fsp3) is 0.324. The van der Waals surface area contributed by atoms with Crippen LogP contribution in [0, 0.1) is 6.92 Å². The van der Waals surface area contributed by atoms with Crippen molar-refractivity contribution in [2.75, 3.05) is 20.2 Å². The highest BCUT2D eigenvalue weighted by Crippen LogP contribution is 2.32. The number of carbonyl (C=O) groups is 1. The number of imidazole rings is 1. The van der Waals surface area contributed by atoms with Crippen molar-refractivity contribution in [3.63, 3.8) is 0 Å². The van der Waals surface area contributed by atoms with Crippen LogP contribution < -0.4 is 4.74 Å². The lowest BCUT2D eigenvalue weighted by atomic mass is 9.99. The second-order valence-corrected chi connectivity index (χ2v) is 10.7. The molecule has 0 bridgehead atoms. The minimum absolute atomic E-state index is 0.0877. The topological polar surface area (TPSA) is 63.0 Å². The fourth-order valence-corrected chi connectivity index (χ4v) is 5.57. The van der Waals surface area contributed by atoms with Crippen molar-refractivity contribution in [2.45, 2.75) is 52.5 Å². The molecule has 3 aliphatic rings. The summed E-state index contributed by atoms with van der Waals surface area (Å²) in [6.45, 7) is 7.66. The molecule has 1 amide bonds. The first kappa shape index (κ1) is 28.3. The number of hydrogen-bond acceptors (Lipinski definition) is 5. The van der Waals surface area contributed by atoms with Gasteiger partial charge >= 0.3 is 0 Å². The van der Waals surface area contributed by atoms with Gasteiger partial charge < -0.3 is 9.30 Å². The first-order valence-electron chi connectivity index (χ1n) is 14.3. The Hall–Kier alpha value is -4.23. The number of nitrogens with zero attached hydrogens (tertiary/aromatic N) is 5. The highest BCUT2D eigenvalue weighted by atomic mass is 16.5. The lowest BCUT2D eigenvalue weighted by molar-refractivity contribution is -0.118. The average molecular weight is 550 g/mol. The number of aliphatic imine (C=N–C) groups is 1. The number of piperidine rings is 1. The molecule has 1 unspecified atom stereocenters.